The maximum absolute atomic E-state index is 13.5. The van der Waals surface area contributed by atoms with Crippen LogP contribution >= 0.6 is 0 Å². The number of imidazole rings is 1. The molecule has 180 valence electrons. The minimum absolute atomic E-state index is 0.0825. The summed E-state index contributed by atoms with van der Waals surface area (Å²) in [5, 5.41) is 14.2. The van der Waals surface area contributed by atoms with E-state index in [0.29, 0.717) is 23.6 Å². The number of aromatic nitrogens is 7. The fraction of sp³-hybridized carbons (Fsp3) is 0.185. The van der Waals surface area contributed by atoms with E-state index in [9.17, 15) is 9.59 Å². The average molecular weight is 480 g/mol. The van der Waals surface area contributed by atoms with Crippen LogP contribution in [0.3, 0.4) is 0 Å². The van der Waals surface area contributed by atoms with Crippen molar-refractivity contribution in [3.8, 4) is 28.2 Å². The van der Waals surface area contributed by atoms with Gasteiger partial charge in [-0.15, -0.1) is 5.10 Å². The van der Waals surface area contributed by atoms with E-state index in [4.69, 9.17) is 0 Å². The van der Waals surface area contributed by atoms with Gasteiger partial charge in [-0.25, -0.2) is 9.89 Å². The third-order valence-corrected chi connectivity index (χ3v) is 6.09. The quantitative estimate of drug-likeness (QED) is 0.336. The van der Waals surface area contributed by atoms with Gasteiger partial charge < -0.3 is 0 Å². The number of benzene rings is 2. The van der Waals surface area contributed by atoms with Crippen LogP contribution < -0.4 is 5.69 Å². The summed E-state index contributed by atoms with van der Waals surface area (Å²) in [7, 11) is 0. The maximum atomic E-state index is 13.5. The van der Waals surface area contributed by atoms with Crippen LogP contribution in [0.5, 0.6) is 0 Å². The number of tetrazole rings is 1. The molecule has 0 atom stereocenters. The van der Waals surface area contributed by atoms with Gasteiger partial charge in [-0.2, -0.15) is 0 Å². The van der Waals surface area contributed by atoms with E-state index in [2.05, 4.69) is 32.5 Å². The first-order chi connectivity index (χ1) is 17.6. The third kappa shape index (κ3) is 4.38. The molecule has 0 aliphatic heterocycles. The standard InChI is InChI=1S/C27H25N7O2/c1-3-8-21-17-34(25-12-7-6-9-22(25)18(2)35)27(36)33(21)16-20-14-13-19(15-28-20)23-10-4-5-11-24(23)26-29-31-32-30-26/h4-7,9-15,17H,3,8,16H2,1-2H3,(H,29,30,31,32). The predicted molar refractivity (Wildman–Crippen MR) is 136 cm³/mol. The van der Waals surface area contributed by atoms with Crippen LogP contribution in [0.4, 0.5) is 0 Å². The molecule has 3 aromatic heterocycles. The Balaban J connectivity index is 1.49. The number of H-pyrrole nitrogens is 1. The number of hydrogen-bond donors (Lipinski definition) is 1. The van der Waals surface area contributed by atoms with Crippen molar-refractivity contribution in [3.05, 3.63) is 100 Å². The number of Topliss-reactive ketones (excluding diaryl/α,β-unsaturated/α-hetero) is 1. The van der Waals surface area contributed by atoms with Crippen molar-refractivity contribution in [2.24, 2.45) is 0 Å². The lowest BCUT2D eigenvalue weighted by Crippen LogP contribution is -2.25. The summed E-state index contributed by atoms with van der Waals surface area (Å²) >= 11 is 0. The fourth-order valence-corrected chi connectivity index (χ4v) is 4.36. The van der Waals surface area contributed by atoms with Crippen molar-refractivity contribution in [2.45, 2.75) is 33.2 Å². The highest BCUT2D eigenvalue weighted by Crippen LogP contribution is 2.29. The molecule has 0 amide bonds. The number of nitrogens with zero attached hydrogens (tertiary/aromatic N) is 6. The number of aryl methyl sites for hydroxylation is 1. The van der Waals surface area contributed by atoms with E-state index in [0.717, 1.165) is 40.9 Å². The van der Waals surface area contributed by atoms with Gasteiger partial charge in [-0.05, 0) is 47.5 Å². The molecule has 1 N–H and O–H groups in total. The molecule has 3 heterocycles. The molecule has 9 heteroatoms. The van der Waals surface area contributed by atoms with E-state index in [1.807, 2.05) is 48.7 Å². The van der Waals surface area contributed by atoms with Crippen LogP contribution in [0, 0.1) is 0 Å². The largest absolute Gasteiger partial charge is 0.333 e. The number of ketones is 1. The summed E-state index contributed by atoms with van der Waals surface area (Å²) < 4.78 is 3.30. The van der Waals surface area contributed by atoms with E-state index < -0.39 is 0 Å². The summed E-state index contributed by atoms with van der Waals surface area (Å²) in [6.07, 6.45) is 5.26. The number of pyridine rings is 1. The van der Waals surface area contributed by atoms with E-state index in [1.54, 1.807) is 33.5 Å². The lowest BCUT2D eigenvalue weighted by atomic mass is 10.0. The molecule has 36 heavy (non-hydrogen) atoms. The highest BCUT2D eigenvalue weighted by molar-refractivity contribution is 5.97. The van der Waals surface area contributed by atoms with Gasteiger partial charge >= 0.3 is 5.69 Å². The topological polar surface area (TPSA) is 111 Å². The van der Waals surface area contributed by atoms with Crippen molar-refractivity contribution < 1.29 is 4.79 Å². The van der Waals surface area contributed by atoms with Gasteiger partial charge in [0.1, 0.15) is 0 Å². The van der Waals surface area contributed by atoms with E-state index in [1.165, 1.54) is 6.92 Å². The van der Waals surface area contributed by atoms with Crippen LogP contribution in [0.1, 0.15) is 42.0 Å². The van der Waals surface area contributed by atoms with E-state index >= 15 is 0 Å². The molecule has 9 nitrogen and oxygen atoms in total. The molecular formula is C27H25N7O2. The van der Waals surface area contributed by atoms with Crippen molar-refractivity contribution in [3.63, 3.8) is 0 Å². The Morgan fingerprint density at radius 1 is 1.00 bits per heavy atom. The monoisotopic (exact) mass is 479 g/mol. The summed E-state index contributed by atoms with van der Waals surface area (Å²) in [5.74, 6) is 0.499. The van der Waals surface area contributed by atoms with Crippen LogP contribution in [0.2, 0.25) is 0 Å². The van der Waals surface area contributed by atoms with Gasteiger partial charge in [0.2, 0.25) is 0 Å². The molecular weight excluding hydrogens is 454 g/mol. The van der Waals surface area contributed by atoms with Crippen LogP contribution in [0.25, 0.3) is 28.2 Å². The molecule has 2 aromatic carbocycles. The Bertz CT molecular complexity index is 1560. The molecule has 0 fully saturated rings. The highest BCUT2D eigenvalue weighted by Gasteiger charge is 2.17. The number of hydrogen-bond acceptors (Lipinski definition) is 6. The Kier molecular flexibility index (Phi) is 6.36. The lowest BCUT2D eigenvalue weighted by molar-refractivity contribution is 0.101. The van der Waals surface area contributed by atoms with Gasteiger partial charge in [0.25, 0.3) is 0 Å². The minimum Gasteiger partial charge on any atom is -0.294 e. The molecule has 0 unspecified atom stereocenters. The Morgan fingerprint density at radius 3 is 2.47 bits per heavy atom. The van der Waals surface area contributed by atoms with Gasteiger partial charge in [-0.1, -0.05) is 55.8 Å². The number of rotatable bonds is 8. The highest BCUT2D eigenvalue weighted by atomic mass is 16.2. The molecule has 5 rings (SSSR count). The van der Waals surface area contributed by atoms with Crippen molar-refractivity contribution in [1.82, 2.24) is 34.7 Å². The van der Waals surface area contributed by atoms with Crippen molar-refractivity contribution in [1.29, 1.82) is 0 Å². The van der Waals surface area contributed by atoms with Gasteiger partial charge in [0.15, 0.2) is 11.6 Å². The zero-order chi connectivity index (χ0) is 25.1. The molecule has 0 spiro atoms. The van der Waals surface area contributed by atoms with Crippen LogP contribution in [-0.4, -0.2) is 40.5 Å². The Morgan fingerprint density at radius 2 is 1.78 bits per heavy atom. The second kappa shape index (κ2) is 9.91. The summed E-state index contributed by atoms with van der Waals surface area (Å²) in [6, 6.07) is 18.9. The first kappa shape index (κ1) is 23.1. The number of nitrogens with one attached hydrogen (secondary N) is 1. The molecule has 0 bridgehead atoms. The predicted octanol–water partition coefficient (Wildman–Crippen LogP) is 4.08. The molecule has 0 aliphatic carbocycles. The number of aromatic amines is 1. The average Bonchev–Trinajstić information content (AvgIpc) is 3.54. The van der Waals surface area contributed by atoms with Gasteiger partial charge in [0, 0.05) is 34.8 Å². The smallest absolute Gasteiger partial charge is 0.294 e. The van der Waals surface area contributed by atoms with Crippen molar-refractivity contribution in [2.75, 3.05) is 0 Å². The normalized spacial score (nSPS) is 11.1. The SMILES string of the molecule is CCCc1cn(-c2ccccc2C(C)=O)c(=O)n1Cc1ccc(-c2ccccc2-c2nnn[nH]2)cn1. The Hall–Kier alpha value is -4.66. The Labute approximate surface area is 207 Å². The second-order valence-electron chi connectivity index (χ2n) is 8.52. The molecule has 0 aliphatic rings. The fourth-order valence-electron chi connectivity index (χ4n) is 4.36. The summed E-state index contributed by atoms with van der Waals surface area (Å²) in [4.78, 5) is 30.3. The van der Waals surface area contributed by atoms with E-state index in [-0.39, 0.29) is 11.5 Å². The van der Waals surface area contributed by atoms with Gasteiger partial charge in [0.05, 0.1) is 17.9 Å². The zero-order valence-corrected chi connectivity index (χ0v) is 20.0. The van der Waals surface area contributed by atoms with Crippen LogP contribution in [0.15, 0.2) is 77.9 Å². The summed E-state index contributed by atoms with van der Waals surface area (Å²) in [5.41, 5.74) is 5.31. The second-order valence-corrected chi connectivity index (χ2v) is 8.52. The third-order valence-electron chi connectivity index (χ3n) is 6.09. The zero-order valence-electron chi connectivity index (χ0n) is 20.0. The maximum Gasteiger partial charge on any atom is 0.333 e. The number of carbonyl (C=O) groups excluding carboxylic acids is 1. The van der Waals surface area contributed by atoms with Crippen molar-refractivity contribution >= 4 is 5.78 Å². The molecule has 0 saturated carbocycles. The number of carbonyl (C=O) groups is 1. The van der Waals surface area contributed by atoms with Crippen LogP contribution in [-0.2, 0) is 13.0 Å². The lowest BCUT2D eigenvalue weighted by Gasteiger charge is -2.09. The first-order valence-electron chi connectivity index (χ1n) is 11.8. The van der Waals surface area contributed by atoms with Gasteiger partial charge in [-0.3, -0.25) is 18.9 Å². The molecule has 5 aromatic rings. The number of para-hydroxylation sites is 1. The molecule has 0 saturated heterocycles. The first-order valence-corrected chi connectivity index (χ1v) is 11.8. The minimum atomic E-state index is -0.193. The summed E-state index contributed by atoms with van der Waals surface area (Å²) in [6.45, 7) is 3.91. The molecule has 0 radical (unpaired) electrons.